The third-order valence-corrected chi connectivity index (χ3v) is 4.78. The number of nitrogens with zero attached hydrogens (tertiary/aromatic N) is 2. The summed E-state index contributed by atoms with van der Waals surface area (Å²) in [5.74, 6) is -1.75. The maximum atomic E-state index is 13.1. The molecular weight excluding hydrogens is 274 g/mol. The van der Waals surface area contributed by atoms with Gasteiger partial charge in [-0.2, -0.15) is 0 Å². The maximum absolute atomic E-state index is 13.1. The standard InChI is InChI=1S/C15H28F2N4/c1-2-21-9-3-4-13(21)11-20-14(18)19-10-12-5-7-15(16,17)8-6-12/h12-13H,2-11H2,1H3,(H3,18,19,20). The van der Waals surface area contributed by atoms with Crippen LogP contribution in [0.25, 0.3) is 0 Å². The fourth-order valence-electron chi connectivity index (χ4n) is 3.33. The van der Waals surface area contributed by atoms with Crippen LogP contribution in [0.1, 0.15) is 45.4 Å². The van der Waals surface area contributed by atoms with Gasteiger partial charge in [-0.25, -0.2) is 8.78 Å². The first-order valence-electron chi connectivity index (χ1n) is 8.16. The lowest BCUT2D eigenvalue weighted by Crippen LogP contribution is -2.43. The highest BCUT2D eigenvalue weighted by Gasteiger charge is 2.34. The number of halogens is 2. The number of alkyl halides is 2. The molecule has 2 fully saturated rings. The Balaban J connectivity index is 1.67. The molecule has 1 aliphatic carbocycles. The Hall–Kier alpha value is -0.910. The normalized spacial score (nSPS) is 28.0. The van der Waals surface area contributed by atoms with Crippen LogP contribution in [-0.2, 0) is 0 Å². The maximum Gasteiger partial charge on any atom is 0.248 e. The van der Waals surface area contributed by atoms with E-state index in [0.717, 1.165) is 19.6 Å². The van der Waals surface area contributed by atoms with Crippen molar-refractivity contribution in [2.45, 2.75) is 57.4 Å². The lowest BCUT2D eigenvalue weighted by atomic mass is 9.87. The highest BCUT2D eigenvalue weighted by atomic mass is 19.3. The molecule has 0 bridgehead atoms. The Morgan fingerprint density at radius 2 is 2.05 bits per heavy atom. The largest absolute Gasteiger partial charge is 0.370 e. The lowest BCUT2D eigenvalue weighted by Gasteiger charge is -2.27. The van der Waals surface area contributed by atoms with E-state index in [1.54, 1.807) is 0 Å². The first-order chi connectivity index (χ1) is 10.00. The number of guanidine groups is 1. The van der Waals surface area contributed by atoms with Gasteiger partial charge in [0.1, 0.15) is 0 Å². The van der Waals surface area contributed by atoms with Crippen LogP contribution < -0.4 is 11.1 Å². The Labute approximate surface area is 126 Å². The molecule has 0 aromatic heterocycles. The SMILES string of the molecule is CCN1CCCC1CNC(N)=NCC1CCC(F)(F)CC1. The van der Waals surface area contributed by atoms with Gasteiger partial charge in [-0.1, -0.05) is 6.92 Å². The van der Waals surface area contributed by atoms with Crippen LogP contribution in [0.3, 0.4) is 0 Å². The molecule has 1 saturated heterocycles. The summed E-state index contributed by atoms with van der Waals surface area (Å²) >= 11 is 0. The summed E-state index contributed by atoms with van der Waals surface area (Å²) in [6.07, 6.45) is 3.54. The van der Waals surface area contributed by atoms with E-state index < -0.39 is 5.92 Å². The zero-order valence-electron chi connectivity index (χ0n) is 13.0. The predicted octanol–water partition coefficient (Wildman–Crippen LogP) is 2.20. The van der Waals surface area contributed by atoms with Gasteiger partial charge in [0.25, 0.3) is 0 Å². The molecule has 4 nitrogen and oxygen atoms in total. The fourth-order valence-corrected chi connectivity index (χ4v) is 3.33. The summed E-state index contributed by atoms with van der Waals surface area (Å²) in [7, 11) is 0. The molecule has 21 heavy (non-hydrogen) atoms. The monoisotopic (exact) mass is 302 g/mol. The van der Waals surface area contributed by atoms with Crippen LogP contribution in [0.2, 0.25) is 0 Å². The van der Waals surface area contributed by atoms with Crippen LogP contribution in [0.4, 0.5) is 8.78 Å². The number of likely N-dealkylation sites (tertiary alicyclic amines) is 1. The molecule has 122 valence electrons. The summed E-state index contributed by atoms with van der Waals surface area (Å²) in [4.78, 5) is 6.78. The van der Waals surface area contributed by atoms with Gasteiger partial charge in [-0.3, -0.25) is 9.89 Å². The Morgan fingerprint density at radius 3 is 2.71 bits per heavy atom. The van der Waals surface area contributed by atoms with Crippen molar-refractivity contribution in [3.63, 3.8) is 0 Å². The molecule has 1 aliphatic heterocycles. The molecular formula is C15H28F2N4. The molecule has 0 spiro atoms. The number of rotatable bonds is 5. The number of nitrogens with one attached hydrogen (secondary N) is 1. The number of likely N-dealkylation sites (N-methyl/N-ethyl adjacent to an activating group) is 1. The number of hydrogen-bond donors (Lipinski definition) is 2. The quantitative estimate of drug-likeness (QED) is 0.605. The lowest BCUT2D eigenvalue weighted by molar-refractivity contribution is -0.0446. The van der Waals surface area contributed by atoms with E-state index >= 15 is 0 Å². The van der Waals surface area contributed by atoms with Crippen molar-refractivity contribution in [2.75, 3.05) is 26.2 Å². The average molecular weight is 302 g/mol. The minimum absolute atomic E-state index is 0.00590. The van der Waals surface area contributed by atoms with Crippen molar-refractivity contribution in [1.82, 2.24) is 10.2 Å². The average Bonchev–Trinajstić information content (AvgIpc) is 2.91. The van der Waals surface area contributed by atoms with E-state index in [4.69, 9.17) is 5.73 Å². The minimum Gasteiger partial charge on any atom is -0.370 e. The van der Waals surface area contributed by atoms with Crippen molar-refractivity contribution in [1.29, 1.82) is 0 Å². The molecule has 1 heterocycles. The van der Waals surface area contributed by atoms with E-state index in [0.29, 0.717) is 31.4 Å². The highest BCUT2D eigenvalue weighted by molar-refractivity contribution is 5.77. The van der Waals surface area contributed by atoms with Crippen molar-refractivity contribution in [3.05, 3.63) is 0 Å². The molecule has 0 aromatic carbocycles. The number of aliphatic imine (C=N–C) groups is 1. The molecule has 0 aromatic rings. The Kier molecular flexibility index (Phi) is 5.79. The van der Waals surface area contributed by atoms with Gasteiger partial charge in [-0.15, -0.1) is 0 Å². The summed E-state index contributed by atoms with van der Waals surface area (Å²) in [6, 6.07) is 0.539. The molecule has 2 rings (SSSR count). The number of nitrogens with two attached hydrogens (primary N) is 1. The smallest absolute Gasteiger partial charge is 0.248 e. The molecule has 0 radical (unpaired) electrons. The van der Waals surface area contributed by atoms with Crippen LogP contribution in [-0.4, -0.2) is 49.0 Å². The van der Waals surface area contributed by atoms with Crippen LogP contribution in [0, 0.1) is 5.92 Å². The second-order valence-electron chi connectivity index (χ2n) is 6.33. The number of hydrogen-bond acceptors (Lipinski definition) is 2. The van der Waals surface area contributed by atoms with E-state index in [1.165, 1.54) is 12.8 Å². The van der Waals surface area contributed by atoms with Gasteiger partial charge in [0.15, 0.2) is 5.96 Å². The van der Waals surface area contributed by atoms with E-state index in [-0.39, 0.29) is 18.8 Å². The molecule has 1 saturated carbocycles. The van der Waals surface area contributed by atoms with Gasteiger partial charge in [0.05, 0.1) is 0 Å². The topological polar surface area (TPSA) is 53.6 Å². The first kappa shape index (κ1) is 16.5. The van der Waals surface area contributed by atoms with Crippen molar-refractivity contribution in [2.24, 2.45) is 16.6 Å². The Morgan fingerprint density at radius 1 is 1.33 bits per heavy atom. The fraction of sp³-hybridized carbons (Fsp3) is 0.933. The first-order valence-corrected chi connectivity index (χ1v) is 8.16. The van der Waals surface area contributed by atoms with Gasteiger partial charge < -0.3 is 11.1 Å². The second-order valence-corrected chi connectivity index (χ2v) is 6.33. The summed E-state index contributed by atoms with van der Waals surface area (Å²) < 4.78 is 26.1. The minimum atomic E-state index is -2.46. The van der Waals surface area contributed by atoms with Crippen LogP contribution in [0.5, 0.6) is 0 Å². The van der Waals surface area contributed by atoms with Gasteiger partial charge >= 0.3 is 0 Å². The predicted molar refractivity (Wildman–Crippen MR) is 81.7 cm³/mol. The molecule has 0 amide bonds. The van der Waals surface area contributed by atoms with Crippen LogP contribution in [0.15, 0.2) is 4.99 Å². The molecule has 6 heteroatoms. The summed E-state index contributed by atoms with van der Waals surface area (Å²) in [5.41, 5.74) is 5.88. The molecule has 1 unspecified atom stereocenters. The van der Waals surface area contributed by atoms with Gasteiger partial charge in [0, 0.05) is 32.0 Å². The van der Waals surface area contributed by atoms with Crippen molar-refractivity contribution < 1.29 is 8.78 Å². The van der Waals surface area contributed by atoms with Gasteiger partial charge in [0.2, 0.25) is 5.92 Å². The zero-order valence-corrected chi connectivity index (χ0v) is 13.0. The van der Waals surface area contributed by atoms with Gasteiger partial charge in [-0.05, 0) is 44.7 Å². The van der Waals surface area contributed by atoms with E-state index in [1.807, 2.05) is 0 Å². The van der Waals surface area contributed by atoms with E-state index in [2.05, 4.69) is 22.1 Å². The highest BCUT2D eigenvalue weighted by Crippen LogP contribution is 2.36. The second kappa shape index (κ2) is 7.38. The molecule has 2 aliphatic rings. The van der Waals surface area contributed by atoms with Crippen LogP contribution >= 0.6 is 0 Å². The molecule has 1 atom stereocenters. The summed E-state index contributed by atoms with van der Waals surface area (Å²) in [6.45, 7) is 5.80. The van der Waals surface area contributed by atoms with Crippen molar-refractivity contribution in [3.8, 4) is 0 Å². The van der Waals surface area contributed by atoms with E-state index in [9.17, 15) is 8.78 Å². The molecule has 3 N–H and O–H groups in total. The third kappa shape index (κ3) is 5.09. The van der Waals surface area contributed by atoms with Crippen molar-refractivity contribution >= 4 is 5.96 Å². The zero-order chi connectivity index (χ0) is 15.3. The Bertz CT molecular complexity index is 350. The summed E-state index contributed by atoms with van der Waals surface area (Å²) in [5, 5.41) is 3.18. The third-order valence-electron chi connectivity index (χ3n) is 4.78.